The van der Waals surface area contributed by atoms with Crippen LogP contribution in [0.25, 0.3) is 33.5 Å². The fraction of sp³-hybridized carbons (Fsp3) is 0.0714. The van der Waals surface area contributed by atoms with Gasteiger partial charge in [0.25, 0.3) is 5.91 Å². The van der Waals surface area contributed by atoms with Gasteiger partial charge in [-0.05, 0) is 53.6 Å². The molecule has 0 bridgehead atoms. The highest BCUT2D eigenvalue weighted by Crippen LogP contribution is 2.32. The summed E-state index contributed by atoms with van der Waals surface area (Å²) in [5.74, 6) is 0.216. The minimum absolute atomic E-state index is 0.253. The Morgan fingerprint density at radius 1 is 0.842 bits per heavy atom. The standard InChI is InChI=1S/C28H20F3N5O2/c1-16(37)33-25-12-9-20(15-32-25)27(38)34-22-4-2-3-19(13-22)17-5-7-18(8-6-17)26-35-23-11-10-21(28(29,30)31)14-24(23)36-26/h2-15H,1H3,(H,34,38)(H,35,36)(H,32,33,37). The summed E-state index contributed by atoms with van der Waals surface area (Å²) in [7, 11) is 0. The van der Waals surface area contributed by atoms with Crippen molar-refractivity contribution >= 4 is 34.4 Å². The van der Waals surface area contributed by atoms with E-state index in [1.807, 2.05) is 42.5 Å². The molecule has 0 saturated carbocycles. The number of pyridine rings is 1. The van der Waals surface area contributed by atoms with Crippen LogP contribution in [0, 0.1) is 0 Å². The molecule has 38 heavy (non-hydrogen) atoms. The lowest BCUT2D eigenvalue weighted by atomic mass is 10.0. The number of hydrogen-bond acceptors (Lipinski definition) is 4. The number of halogens is 3. The Morgan fingerprint density at radius 2 is 1.61 bits per heavy atom. The average molecular weight is 515 g/mol. The number of aromatic amines is 1. The summed E-state index contributed by atoms with van der Waals surface area (Å²) in [5, 5.41) is 5.38. The van der Waals surface area contributed by atoms with Crippen molar-refractivity contribution in [1.82, 2.24) is 15.0 Å². The number of hydrogen-bond donors (Lipinski definition) is 3. The van der Waals surface area contributed by atoms with E-state index in [2.05, 4.69) is 25.6 Å². The summed E-state index contributed by atoms with van der Waals surface area (Å²) in [6.45, 7) is 1.37. The molecule has 2 heterocycles. The molecule has 0 aliphatic heterocycles. The Labute approximate surface area is 214 Å². The highest BCUT2D eigenvalue weighted by atomic mass is 19.4. The van der Waals surface area contributed by atoms with Crippen LogP contribution >= 0.6 is 0 Å². The van der Waals surface area contributed by atoms with Crippen molar-refractivity contribution in [3.8, 4) is 22.5 Å². The van der Waals surface area contributed by atoms with Gasteiger partial charge in [-0.1, -0.05) is 36.4 Å². The smallest absolute Gasteiger partial charge is 0.338 e. The zero-order chi connectivity index (χ0) is 26.9. The van der Waals surface area contributed by atoms with Crippen LogP contribution in [-0.4, -0.2) is 26.8 Å². The van der Waals surface area contributed by atoms with E-state index in [0.717, 1.165) is 28.8 Å². The van der Waals surface area contributed by atoms with E-state index in [9.17, 15) is 22.8 Å². The summed E-state index contributed by atoms with van der Waals surface area (Å²) >= 11 is 0. The maximum atomic E-state index is 13.0. The molecule has 10 heteroatoms. The monoisotopic (exact) mass is 515 g/mol. The van der Waals surface area contributed by atoms with Gasteiger partial charge in [-0.25, -0.2) is 9.97 Å². The predicted octanol–water partition coefficient (Wildman–Crippen LogP) is 6.52. The van der Waals surface area contributed by atoms with E-state index in [4.69, 9.17) is 0 Å². The van der Waals surface area contributed by atoms with Crippen LogP contribution in [0.3, 0.4) is 0 Å². The van der Waals surface area contributed by atoms with E-state index in [1.54, 1.807) is 18.2 Å². The van der Waals surface area contributed by atoms with Crippen molar-refractivity contribution in [2.75, 3.05) is 10.6 Å². The van der Waals surface area contributed by atoms with Gasteiger partial charge in [0.15, 0.2) is 0 Å². The third-order valence-corrected chi connectivity index (χ3v) is 5.75. The van der Waals surface area contributed by atoms with Crippen molar-refractivity contribution in [1.29, 1.82) is 0 Å². The minimum atomic E-state index is -4.43. The number of carbonyl (C=O) groups excluding carboxylic acids is 2. The molecule has 0 aliphatic rings. The maximum absolute atomic E-state index is 13.0. The molecule has 2 aromatic heterocycles. The van der Waals surface area contributed by atoms with Crippen molar-refractivity contribution in [2.45, 2.75) is 13.1 Å². The van der Waals surface area contributed by atoms with Gasteiger partial charge in [-0.3, -0.25) is 9.59 Å². The Hall–Kier alpha value is -4.99. The van der Waals surface area contributed by atoms with E-state index >= 15 is 0 Å². The van der Waals surface area contributed by atoms with E-state index in [-0.39, 0.29) is 11.8 Å². The molecule has 0 radical (unpaired) electrons. The summed E-state index contributed by atoms with van der Waals surface area (Å²) < 4.78 is 39.0. The van der Waals surface area contributed by atoms with Gasteiger partial charge in [-0.15, -0.1) is 0 Å². The van der Waals surface area contributed by atoms with Gasteiger partial charge >= 0.3 is 6.18 Å². The number of anilines is 2. The topological polar surface area (TPSA) is 99.8 Å². The molecule has 5 aromatic rings. The number of nitrogens with one attached hydrogen (secondary N) is 3. The second kappa shape index (κ2) is 9.81. The molecule has 7 nitrogen and oxygen atoms in total. The number of carbonyl (C=O) groups is 2. The third-order valence-electron chi connectivity index (χ3n) is 5.75. The molecular formula is C28H20F3N5O2. The first-order valence-electron chi connectivity index (χ1n) is 11.5. The molecule has 2 amide bonds. The van der Waals surface area contributed by atoms with Crippen molar-refractivity contribution in [2.24, 2.45) is 0 Å². The molecule has 190 valence electrons. The Morgan fingerprint density at radius 3 is 2.29 bits per heavy atom. The molecule has 5 rings (SSSR count). The fourth-order valence-electron chi connectivity index (χ4n) is 3.91. The number of amides is 2. The average Bonchev–Trinajstić information content (AvgIpc) is 3.32. The molecule has 0 fully saturated rings. The molecule has 0 saturated heterocycles. The number of benzene rings is 3. The predicted molar refractivity (Wildman–Crippen MR) is 138 cm³/mol. The van der Waals surface area contributed by atoms with Gasteiger partial charge < -0.3 is 15.6 Å². The number of alkyl halides is 3. The molecule has 0 aliphatic carbocycles. The van der Waals surface area contributed by atoms with Crippen LogP contribution in [0.1, 0.15) is 22.8 Å². The van der Waals surface area contributed by atoms with Gasteiger partial charge in [0.1, 0.15) is 11.6 Å². The van der Waals surface area contributed by atoms with Gasteiger partial charge in [0.2, 0.25) is 5.91 Å². The Bertz CT molecular complexity index is 1640. The second-order valence-electron chi connectivity index (χ2n) is 8.54. The summed E-state index contributed by atoms with van der Waals surface area (Å²) in [6.07, 6.45) is -3.05. The van der Waals surface area contributed by atoms with Crippen molar-refractivity contribution in [3.05, 3.63) is 96.2 Å². The van der Waals surface area contributed by atoms with Gasteiger partial charge in [0.05, 0.1) is 22.2 Å². The number of nitrogens with zero attached hydrogens (tertiary/aromatic N) is 2. The van der Waals surface area contributed by atoms with E-state index in [0.29, 0.717) is 33.9 Å². The second-order valence-corrected chi connectivity index (χ2v) is 8.54. The normalized spacial score (nSPS) is 11.4. The first-order valence-corrected chi connectivity index (χ1v) is 11.5. The van der Waals surface area contributed by atoms with Crippen LogP contribution in [-0.2, 0) is 11.0 Å². The molecule has 3 N–H and O–H groups in total. The highest BCUT2D eigenvalue weighted by molar-refractivity contribution is 6.04. The first-order chi connectivity index (χ1) is 18.2. The Balaban J connectivity index is 1.31. The summed E-state index contributed by atoms with van der Waals surface area (Å²) in [5.41, 5.74) is 3.39. The van der Waals surface area contributed by atoms with Gasteiger partial charge in [-0.2, -0.15) is 13.2 Å². The molecule has 3 aromatic carbocycles. The fourth-order valence-corrected chi connectivity index (χ4v) is 3.91. The van der Waals surface area contributed by atoms with Crippen molar-refractivity contribution < 1.29 is 22.8 Å². The number of aromatic nitrogens is 3. The highest BCUT2D eigenvalue weighted by Gasteiger charge is 2.30. The lowest BCUT2D eigenvalue weighted by molar-refractivity contribution is -0.137. The minimum Gasteiger partial charge on any atom is -0.338 e. The Kier molecular flexibility index (Phi) is 6.38. The van der Waals surface area contributed by atoms with Crippen LogP contribution in [0.5, 0.6) is 0 Å². The van der Waals surface area contributed by atoms with Crippen molar-refractivity contribution in [3.63, 3.8) is 0 Å². The third kappa shape index (κ3) is 5.39. The van der Waals surface area contributed by atoms with E-state index in [1.165, 1.54) is 19.2 Å². The quantitative estimate of drug-likeness (QED) is 0.248. The molecular weight excluding hydrogens is 495 g/mol. The van der Waals surface area contributed by atoms with Gasteiger partial charge in [0, 0.05) is 24.4 Å². The SMILES string of the molecule is CC(=O)Nc1ccc(C(=O)Nc2cccc(-c3ccc(-c4nc5ccc(C(F)(F)F)cc5[nH]4)cc3)c2)cn1. The summed E-state index contributed by atoms with van der Waals surface area (Å²) in [4.78, 5) is 35.2. The van der Waals surface area contributed by atoms with Crippen LogP contribution in [0.15, 0.2) is 85.1 Å². The summed E-state index contributed by atoms with van der Waals surface area (Å²) in [6, 6.07) is 21.2. The maximum Gasteiger partial charge on any atom is 0.416 e. The van der Waals surface area contributed by atoms with Crippen LogP contribution in [0.2, 0.25) is 0 Å². The number of imidazole rings is 1. The largest absolute Gasteiger partial charge is 0.416 e. The molecule has 0 unspecified atom stereocenters. The van der Waals surface area contributed by atoms with E-state index < -0.39 is 11.7 Å². The number of H-pyrrole nitrogens is 1. The first kappa shape index (κ1) is 24.7. The molecule has 0 atom stereocenters. The van der Waals surface area contributed by atoms with Crippen LogP contribution < -0.4 is 10.6 Å². The zero-order valence-electron chi connectivity index (χ0n) is 19.9. The lowest BCUT2D eigenvalue weighted by Gasteiger charge is -2.09. The number of fused-ring (bicyclic) bond motifs is 1. The lowest BCUT2D eigenvalue weighted by Crippen LogP contribution is -2.13. The van der Waals surface area contributed by atoms with Crippen LogP contribution in [0.4, 0.5) is 24.7 Å². The molecule has 0 spiro atoms. The number of rotatable bonds is 5. The zero-order valence-corrected chi connectivity index (χ0v) is 19.9.